The number of hydrogen-bond donors (Lipinski definition) is 0. The van der Waals surface area contributed by atoms with E-state index >= 15 is 0 Å². The van der Waals surface area contributed by atoms with Gasteiger partial charge in [0.1, 0.15) is 0 Å². The molecule has 0 saturated heterocycles. The first-order valence-electron chi connectivity index (χ1n) is 0.707. The Morgan fingerprint density at radius 1 is 0.267 bits per heavy atom. The molecule has 0 fully saturated rings. The van der Waals surface area contributed by atoms with Crippen molar-refractivity contribution in [3.63, 3.8) is 0 Å². The van der Waals surface area contributed by atoms with Crippen LogP contribution in [0.4, 0.5) is 0 Å². The third-order valence-electron chi connectivity index (χ3n) is 0. The Bertz CT molecular complexity index is 25.3. The zero-order valence-corrected chi connectivity index (χ0v) is 5.41. The second-order valence-electron chi connectivity index (χ2n) is 0. The number of hydrogen-bond acceptors (Lipinski definition) is 3. The second kappa shape index (κ2) is 3900. The summed E-state index contributed by atoms with van der Waals surface area (Å²) in [4.78, 5) is 0. The van der Waals surface area contributed by atoms with E-state index in [0.717, 1.165) is 0 Å². The van der Waals surface area contributed by atoms with Gasteiger partial charge >= 0.3 is 56.3 Å². The summed E-state index contributed by atoms with van der Waals surface area (Å²) in [7, 11) is 0. The quantitative estimate of drug-likeness (QED) is 0.460. The maximum absolute atomic E-state index is 4.08. The summed E-state index contributed by atoms with van der Waals surface area (Å²) < 4.78 is 0. The maximum atomic E-state index is 4.08. The SMILES string of the molecule is C.C.C.C.C.C.C.C.C.[B]=S.[B]=S.[B]=S. The first-order valence-corrected chi connectivity index (χ1v) is 2.12. The predicted molar refractivity (Wildman–Crippen MR) is 101 cm³/mol. The van der Waals surface area contributed by atoms with Crippen molar-refractivity contribution in [2.24, 2.45) is 0 Å². The molecule has 0 atom stereocenters. The van der Waals surface area contributed by atoms with Gasteiger partial charge in [-0.25, -0.2) is 0 Å². The van der Waals surface area contributed by atoms with Crippen LogP contribution in [0.15, 0.2) is 0 Å². The second-order valence-corrected chi connectivity index (χ2v) is 0. The van der Waals surface area contributed by atoms with Crippen LogP contribution in [-0.2, 0) is 0 Å². The van der Waals surface area contributed by atoms with Crippen molar-refractivity contribution in [1.29, 1.82) is 0 Å². The fourth-order valence-electron chi connectivity index (χ4n) is 0. The summed E-state index contributed by atoms with van der Waals surface area (Å²) in [6.07, 6.45) is 0. The molecule has 0 heterocycles. The van der Waals surface area contributed by atoms with Crippen LogP contribution < -0.4 is 0 Å². The minimum atomic E-state index is 0. The molecule has 3 radical (unpaired) electrons. The van der Waals surface area contributed by atoms with Crippen LogP contribution >= 0.6 is 36.2 Å². The van der Waals surface area contributed by atoms with E-state index in [4.69, 9.17) is 0 Å². The molecular weight excluding hydrogens is 237 g/mol. The minimum absolute atomic E-state index is 0. The zero-order valence-electron chi connectivity index (χ0n) is 2.96. The van der Waals surface area contributed by atoms with Gasteiger partial charge in [0.2, 0.25) is 0 Å². The monoisotopic (exact) mass is 273 g/mol. The molecule has 0 aliphatic heterocycles. The van der Waals surface area contributed by atoms with Crippen molar-refractivity contribution >= 4 is 56.3 Å². The van der Waals surface area contributed by atoms with E-state index in [1.165, 1.54) is 0 Å². The van der Waals surface area contributed by atoms with Gasteiger partial charge in [0.25, 0.3) is 0 Å². The Hall–Kier alpha value is 0.855. The van der Waals surface area contributed by atoms with Crippen molar-refractivity contribution in [2.75, 3.05) is 0 Å². The van der Waals surface area contributed by atoms with Gasteiger partial charge in [-0.05, 0) is 0 Å². The van der Waals surface area contributed by atoms with Crippen LogP contribution in [0.1, 0.15) is 66.8 Å². The average molecular weight is 273 g/mol. The van der Waals surface area contributed by atoms with Crippen LogP contribution in [-0.4, -0.2) is 20.2 Å². The molecule has 0 amide bonds. The van der Waals surface area contributed by atoms with Crippen molar-refractivity contribution in [3.8, 4) is 0 Å². The Labute approximate surface area is 123 Å². The molecular formula is C9H36B3S3. The molecule has 0 aliphatic rings. The Kier molecular flexibility index (Phi) is 61300. The molecule has 0 unspecified atom stereocenters. The molecule has 0 nitrogen and oxygen atoms in total. The molecule has 0 aromatic rings. The predicted octanol–water partition coefficient (Wildman–Crippen LogP) is 6.53. The zero-order chi connectivity index (χ0) is 6.00. The van der Waals surface area contributed by atoms with Gasteiger partial charge < -0.3 is 0 Å². The van der Waals surface area contributed by atoms with Crippen molar-refractivity contribution in [1.82, 2.24) is 0 Å². The van der Waals surface area contributed by atoms with E-state index in [1.807, 2.05) is 0 Å². The summed E-state index contributed by atoms with van der Waals surface area (Å²) in [5, 5.41) is 0. The Balaban J connectivity index is -0.000000000692. The standard InChI is InChI=1S/9CH4.3BS/c;;;;;;;;;3*1-2/h9*1H4;;;. The van der Waals surface area contributed by atoms with Crippen molar-refractivity contribution in [3.05, 3.63) is 0 Å². The van der Waals surface area contributed by atoms with Crippen LogP contribution in [0.3, 0.4) is 0 Å². The first-order chi connectivity index (χ1) is 3.00. The third kappa shape index (κ3) is 3360. The molecule has 0 saturated carbocycles. The van der Waals surface area contributed by atoms with Crippen LogP contribution in [0.5, 0.6) is 0 Å². The van der Waals surface area contributed by atoms with Gasteiger partial charge in [-0.15, -0.1) is 0 Å². The van der Waals surface area contributed by atoms with Gasteiger partial charge in [-0.1, -0.05) is 66.8 Å². The molecule has 0 aromatic heterocycles. The van der Waals surface area contributed by atoms with Gasteiger partial charge in [0.05, 0.1) is 0 Å². The van der Waals surface area contributed by atoms with Crippen LogP contribution in [0.2, 0.25) is 0 Å². The third-order valence-corrected chi connectivity index (χ3v) is 0. The Morgan fingerprint density at radius 3 is 0.267 bits per heavy atom. The van der Waals surface area contributed by atoms with Gasteiger partial charge in [-0.3, -0.25) is 0 Å². The molecule has 0 aliphatic carbocycles. The summed E-state index contributed by atoms with van der Waals surface area (Å²) in [5.41, 5.74) is 0. The van der Waals surface area contributed by atoms with Gasteiger partial charge in [0.15, 0.2) is 0 Å². The first kappa shape index (κ1) is 235. The molecule has 6 heteroatoms. The van der Waals surface area contributed by atoms with E-state index in [0.29, 0.717) is 0 Å². The summed E-state index contributed by atoms with van der Waals surface area (Å²) in [6, 6.07) is 0. The van der Waals surface area contributed by atoms with E-state index in [2.05, 4.69) is 56.3 Å². The molecule has 0 N–H and O–H groups in total. The summed E-state index contributed by atoms with van der Waals surface area (Å²) >= 11 is 10.8. The molecule has 0 spiro atoms. The van der Waals surface area contributed by atoms with Crippen molar-refractivity contribution < 1.29 is 0 Å². The van der Waals surface area contributed by atoms with Crippen LogP contribution in [0.25, 0.3) is 0 Å². The normalized spacial score (nSPS) is 0.600. The Morgan fingerprint density at radius 2 is 0.267 bits per heavy atom. The summed E-state index contributed by atoms with van der Waals surface area (Å²) in [6.45, 7) is 12.2. The fourth-order valence-corrected chi connectivity index (χ4v) is 0. The van der Waals surface area contributed by atoms with Gasteiger partial charge in [0, 0.05) is 0 Å². The molecule has 0 rings (SSSR count). The van der Waals surface area contributed by atoms with Gasteiger partial charge in [-0.2, -0.15) is 0 Å². The number of rotatable bonds is 0. The van der Waals surface area contributed by atoms with E-state index in [9.17, 15) is 0 Å². The topological polar surface area (TPSA) is 0 Å². The fraction of sp³-hybridized carbons (Fsp3) is 1.00. The van der Waals surface area contributed by atoms with Crippen molar-refractivity contribution in [2.45, 2.75) is 66.8 Å². The molecule has 99 valence electrons. The summed E-state index contributed by atoms with van der Waals surface area (Å²) in [5.74, 6) is 0. The van der Waals surface area contributed by atoms with E-state index in [1.54, 1.807) is 0 Å². The molecule has 15 heavy (non-hydrogen) atoms. The van der Waals surface area contributed by atoms with E-state index in [-0.39, 0.29) is 66.8 Å². The molecule has 0 aromatic carbocycles. The molecule has 0 bridgehead atoms. The van der Waals surface area contributed by atoms with Crippen LogP contribution in [0, 0.1) is 0 Å². The van der Waals surface area contributed by atoms with E-state index < -0.39 is 0 Å². The average Bonchev–Trinajstić information content (AvgIpc) is 1.81.